The third-order valence-corrected chi connectivity index (χ3v) is 3.96. The number of hydrogen-bond acceptors (Lipinski definition) is 3. The molecule has 0 saturated heterocycles. The maximum atomic E-state index is 12.2. The number of benzene rings is 2. The summed E-state index contributed by atoms with van der Waals surface area (Å²) in [6, 6.07) is 13.7. The SMILES string of the molecule is C=C1CCc2cc(CC(=O)Cc3ccc(N)cc3)ccc2N1. The van der Waals surface area contributed by atoms with Crippen LogP contribution in [0, 0.1) is 0 Å². The first-order valence-corrected chi connectivity index (χ1v) is 7.53. The lowest BCUT2D eigenvalue weighted by molar-refractivity contribution is -0.117. The van der Waals surface area contributed by atoms with E-state index in [-0.39, 0.29) is 5.78 Å². The van der Waals surface area contributed by atoms with Crippen LogP contribution in [-0.2, 0) is 24.1 Å². The maximum Gasteiger partial charge on any atom is 0.141 e. The second-order valence-corrected chi connectivity index (χ2v) is 5.85. The molecule has 2 aromatic rings. The van der Waals surface area contributed by atoms with Gasteiger partial charge in [0.15, 0.2) is 0 Å². The van der Waals surface area contributed by atoms with Crippen LogP contribution in [0.25, 0.3) is 0 Å². The number of nitrogens with one attached hydrogen (secondary N) is 1. The molecule has 1 heterocycles. The van der Waals surface area contributed by atoms with Gasteiger partial charge in [0.25, 0.3) is 0 Å². The molecular weight excluding hydrogens is 272 g/mol. The molecule has 3 nitrogen and oxygen atoms in total. The third-order valence-electron chi connectivity index (χ3n) is 3.96. The van der Waals surface area contributed by atoms with Gasteiger partial charge >= 0.3 is 0 Å². The fourth-order valence-corrected chi connectivity index (χ4v) is 2.78. The highest BCUT2D eigenvalue weighted by atomic mass is 16.1. The van der Waals surface area contributed by atoms with Gasteiger partial charge < -0.3 is 11.1 Å². The first-order chi connectivity index (χ1) is 10.6. The number of aryl methyl sites for hydroxylation is 1. The number of ketones is 1. The number of allylic oxidation sites excluding steroid dienone is 1. The maximum absolute atomic E-state index is 12.2. The molecule has 0 radical (unpaired) electrons. The number of rotatable bonds is 4. The molecule has 3 N–H and O–H groups in total. The lowest BCUT2D eigenvalue weighted by Crippen LogP contribution is -2.11. The van der Waals surface area contributed by atoms with Gasteiger partial charge in [-0.3, -0.25) is 4.79 Å². The van der Waals surface area contributed by atoms with Gasteiger partial charge in [0.2, 0.25) is 0 Å². The van der Waals surface area contributed by atoms with Crippen molar-refractivity contribution in [2.75, 3.05) is 11.1 Å². The van der Waals surface area contributed by atoms with Crippen molar-refractivity contribution in [1.29, 1.82) is 0 Å². The highest BCUT2D eigenvalue weighted by Gasteiger charge is 2.12. The van der Waals surface area contributed by atoms with Crippen molar-refractivity contribution in [1.82, 2.24) is 0 Å². The molecule has 0 aliphatic carbocycles. The summed E-state index contributed by atoms with van der Waals surface area (Å²) in [5, 5.41) is 3.29. The van der Waals surface area contributed by atoms with Crippen LogP contribution in [0.3, 0.4) is 0 Å². The van der Waals surface area contributed by atoms with Gasteiger partial charge in [-0.2, -0.15) is 0 Å². The summed E-state index contributed by atoms with van der Waals surface area (Å²) in [5.74, 6) is 0.220. The van der Waals surface area contributed by atoms with E-state index >= 15 is 0 Å². The van der Waals surface area contributed by atoms with E-state index in [1.807, 2.05) is 36.4 Å². The molecular formula is C19H20N2O. The number of fused-ring (bicyclic) bond motifs is 1. The fraction of sp³-hybridized carbons (Fsp3) is 0.211. The Morgan fingerprint density at radius 1 is 1.05 bits per heavy atom. The minimum atomic E-state index is 0.220. The molecule has 0 amide bonds. The van der Waals surface area contributed by atoms with Crippen LogP contribution in [-0.4, -0.2) is 5.78 Å². The number of carbonyl (C=O) groups is 1. The Bertz CT molecular complexity index is 717. The Labute approximate surface area is 130 Å². The van der Waals surface area contributed by atoms with Crippen LogP contribution < -0.4 is 11.1 Å². The Kier molecular flexibility index (Phi) is 3.96. The molecule has 0 aromatic heterocycles. The number of nitrogens with two attached hydrogens (primary N) is 1. The van der Waals surface area contributed by atoms with E-state index in [4.69, 9.17) is 5.73 Å². The number of carbonyl (C=O) groups excluding carboxylic acids is 1. The van der Waals surface area contributed by atoms with Crippen LogP contribution in [0.1, 0.15) is 23.1 Å². The lowest BCUT2D eigenvalue weighted by Gasteiger charge is -2.20. The molecule has 1 aliphatic rings. The Hall–Kier alpha value is -2.55. The van der Waals surface area contributed by atoms with Gasteiger partial charge in [-0.1, -0.05) is 30.8 Å². The van der Waals surface area contributed by atoms with E-state index in [2.05, 4.69) is 18.0 Å². The standard InChI is InChI=1S/C19H20N2O/c1-13-2-6-16-10-15(5-9-19(16)21-13)12-18(22)11-14-3-7-17(20)8-4-14/h3-5,7-10,21H,1-2,6,11-12,20H2. The highest BCUT2D eigenvalue weighted by Crippen LogP contribution is 2.27. The second kappa shape index (κ2) is 6.06. The normalized spacial score (nSPS) is 13.4. The van der Waals surface area contributed by atoms with Crippen LogP contribution >= 0.6 is 0 Å². The van der Waals surface area contributed by atoms with E-state index < -0.39 is 0 Å². The predicted molar refractivity (Wildman–Crippen MR) is 90.8 cm³/mol. The topological polar surface area (TPSA) is 55.1 Å². The van der Waals surface area contributed by atoms with Crippen LogP contribution in [0.2, 0.25) is 0 Å². The average Bonchev–Trinajstić information content (AvgIpc) is 2.50. The van der Waals surface area contributed by atoms with Crippen LogP contribution in [0.15, 0.2) is 54.7 Å². The van der Waals surface area contributed by atoms with E-state index in [1.165, 1.54) is 5.56 Å². The Morgan fingerprint density at radius 2 is 1.73 bits per heavy atom. The molecule has 3 heteroatoms. The number of Topliss-reactive ketones (excluding diaryl/α,β-unsaturated/α-hetero) is 1. The monoisotopic (exact) mass is 292 g/mol. The lowest BCUT2D eigenvalue weighted by atomic mass is 9.96. The summed E-state index contributed by atoms with van der Waals surface area (Å²) in [7, 11) is 0. The van der Waals surface area contributed by atoms with E-state index in [0.29, 0.717) is 12.8 Å². The van der Waals surface area contributed by atoms with Crippen molar-refractivity contribution in [3.8, 4) is 0 Å². The molecule has 2 aromatic carbocycles. The summed E-state index contributed by atoms with van der Waals surface area (Å²) in [5.41, 5.74) is 11.9. The Morgan fingerprint density at radius 3 is 2.50 bits per heavy atom. The van der Waals surface area contributed by atoms with E-state index in [1.54, 1.807) is 0 Å². The summed E-state index contributed by atoms with van der Waals surface area (Å²) in [4.78, 5) is 12.2. The van der Waals surface area contributed by atoms with E-state index in [9.17, 15) is 4.79 Å². The molecule has 0 fully saturated rings. The Balaban J connectivity index is 1.66. The zero-order valence-corrected chi connectivity index (χ0v) is 12.6. The molecule has 0 bridgehead atoms. The van der Waals surface area contributed by atoms with Crippen molar-refractivity contribution in [3.05, 3.63) is 71.4 Å². The van der Waals surface area contributed by atoms with Crippen LogP contribution in [0.4, 0.5) is 11.4 Å². The number of hydrogen-bond donors (Lipinski definition) is 2. The minimum Gasteiger partial charge on any atom is -0.399 e. The molecule has 112 valence electrons. The first kappa shape index (κ1) is 14.4. The van der Waals surface area contributed by atoms with Crippen LogP contribution in [0.5, 0.6) is 0 Å². The molecule has 1 aliphatic heterocycles. The molecule has 0 spiro atoms. The molecule has 0 saturated carbocycles. The largest absolute Gasteiger partial charge is 0.399 e. The summed E-state index contributed by atoms with van der Waals surface area (Å²) < 4.78 is 0. The number of nitrogen functional groups attached to an aromatic ring is 1. The van der Waals surface area contributed by atoms with Crippen molar-refractivity contribution in [2.45, 2.75) is 25.7 Å². The van der Waals surface area contributed by atoms with Crippen molar-refractivity contribution >= 4 is 17.2 Å². The molecule has 0 unspecified atom stereocenters. The van der Waals surface area contributed by atoms with Gasteiger partial charge in [0.1, 0.15) is 5.78 Å². The minimum absolute atomic E-state index is 0.220. The molecule has 22 heavy (non-hydrogen) atoms. The third kappa shape index (κ3) is 3.37. The van der Waals surface area contributed by atoms with Crippen molar-refractivity contribution in [2.24, 2.45) is 0 Å². The van der Waals surface area contributed by atoms with E-state index in [0.717, 1.165) is 41.0 Å². The zero-order chi connectivity index (χ0) is 15.5. The second-order valence-electron chi connectivity index (χ2n) is 5.85. The van der Waals surface area contributed by atoms with Gasteiger partial charge in [-0.05, 0) is 47.7 Å². The smallest absolute Gasteiger partial charge is 0.141 e. The predicted octanol–water partition coefficient (Wildman–Crippen LogP) is 3.49. The zero-order valence-electron chi connectivity index (χ0n) is 12.6. The quantitative estimate of drug-likeness (QED) is 0.848. The van der Waals surface area contributed by atoms with Gasteiger partial charge in [-0.25, -0.2) is 0 Å². The molecule has 3 rings (SSSR count). The summed E-state index contributed by atoms with van der Waals surface area (Å²) >= 11 is 0. The molecule has 0 atom stereocenters. The highest BCUT2D eigenvalue weighted by molar-refractivity contribution is 5.83. The van der Waals surface area contributed by atoms with Crippen molar-refractivity contribution < 1.29 is 4.79 Å². The van der Waals surface area contributed by atoms with Gasteiger partial charge in [0.05, 0.1) is 0 Å². The van der Waals surface area contributed by atoms with Gasteiger partial charge in [0, 0.05) is 29.9 Å². The van der Waals surface area contributed by atoms with Gasteiger partial charge in [-0.15, -0.1) is 0 Å². The fourth-order valence-electron chi connectivity index (χ4n) is 2.78. The average molecular weight is 292 g/mol. The summed E-state index contributed by atoms with van der Waals surface area (Å²) in [6.45, 7) is 3.96. The summed E-state index contributed by atoms with van der Waals surface area (Å²) in [6.07, 6.45) is 2.86. The van der Waals surface area contributed by atoms with Crippen molar-refractivity contribution in [3.63, 3.8) is 0 Å². The number of anilines is 2. The first-order valence-electron chi connectivity index (χ1n) is 7.53.